The van der Waals surface area contributed by atoms with Gasteiger partial charge in [-0.05, 0) is 55.0 Å². The number of amides is 1. The van der Waals surface area contributed by atoms with Crippen LogP contribution in [0.1, 0.15) is 37.0 Å². The third-order valence-electron chi connectivity index (χ3n) is 4.27. The average Bonchev–Trinajstić information content (AvgIpc) is 2.66. The van der Waals surface area contributed by atoms with Crippen LogP contribution < -0.4 is 10.2 Å². The standard InChI is InChI=1S/C20H26N2O3S/c1-4-6-15-22(3)18-11-7-16(8-12-18)20(23)21-17-9-13-19(14-10-17)26(24,25)5-2/h7-14H,4-6,15H2,1-3H3,(H,21,23). The van der Waals surface area contributed by atoms with E-state index in [2.05, 4.69) is 17.1 Å². The highest BCUT2D eigenvalue weighted by molar-refractivity contribution is 7.91. The number of unbranched alkanes of at least 4 members (excludes halogenated alkanes) is 1. The van der Waals surface area contributed by atoms with E-state index in [1.807, 2.05) is 19.2 Å². The SMILES string of the molecule is CCCCN(C)c1ccc(C(=O)Nc2ccc(S(=O)(=O)CC)cc2)cc1. The van der Waals surface area contributed by atoms with Crippen LogP contribution in [0, 0.1) is 0 Å². The molecule has 5 nitrogen and oxygen atoms in total. The van der Waals surface area contributed by atoms with Gasteiger partial charge in [-0.3, -0.25) is 4.79 Å². The van der Waals surface area contributed by atoms with Gasteiger partial charge in [0.25, 0.3) is 5.91 Å². The van der Waals surface area contributed by atoms with E-state index < -0.39 is 9.84 Å². The van der Waals surface area contributed by atoms with Gasteiger partial charge in [0, 0.05) is 30.5 Å². The first-order valence-corrected chi connectivity index (χ1v) is 10.5. The zero-order valence-electron chi connectivity index (χ0n) is 15.5. The van der Waals surface area contributed by atoms with Crippen molar-refractivity contribution in [1.29, 1.82) is 0 Å². The molecule has 1 amide bonds. The number of benzene rings is 2. The molecule has 140 valence electrons. The summed E-state index contributed by atoms with van der Waals surface area (Å²) in [6.45, 7) is 4.74. The smallest absolute Gasteiger partial charge is 0.255 e. The molecule has 0 saturated carbocycles. The lowest BCUT2D eigenvalue weighted by molar-refractivity contribution is 0.102. The van der Waals surface area contributed by atoms with E-state index in [0.717, 1.165) is 25.1 Å². The number of sulfone groups is 1. The van der Waals surface area contributed by atoms with Crippen molar-refractivity contribution in [2.24, 2.45) is 0 Å². The number of nitrogens with zero attached hydrogens (tertiary/aromatic N) is 1. The van der Waals surface area contributed by atoms with Gasteiger partial charge in [0.2, 0.25) is 0 Å². The van der Waals surface area contributed by atoms with Crippen molar-refractivity contribution >= 4 is 27.1 Å². The van der Waals surface area contributed by atoms with Crippen LogP contribution in [0.5, 0.6) is 0 Å². The van der Waals surface area contributed by atoms with Gasteiger partial charge in [-0.25, -0.2) is 8.42 Å². The van der Waals surface area contributed by atoms with Gasteiger partial charge in [0.05, 0.1) is 10.6 Å². The highest BCUT2D eigenvalue weighted by Gasteiger charge is 2.12. The van der Waals surface area contributed by atoms with E-state index in [0.29, 0.717) is 11.3 Å². The molecule has 0 aliphatic heterocycles. The third-order valence-corrected chi connectivity index (χ3v) is 6.02. The van der Waals surface area contributed by atoms with Gasteiger partial charge in [-0.2, -0.15) is 0 Å². The quantitative estimate of drug-likeness (QED) is 0.759. The molecule has 1 N–H and O–H groups in total. The van der Waals surface area contributed by atoms with Crippen LogP contribution in [-0.4, -0.2) is 33.7 Å². The zero-order valence-corrected chi connectivity index (χ0v) is 16.3. The minimum absolute atomic E-state index is 0.0533. The van der Waals surface area contributed by atoms with Crippen LogP contribution in [0.25, 0.3) is 0 Å². The first-order valence-electron chi connectivity index (χ1n) is 8.82. The topological polar surface area (TPSA) is 66.5 Å². The first kappa shape index (κ1) is 20.0. The van der Waals surface area contributed by atoms with Crippen LogP contribution in [0.2, 0.25) is 0 Å². The second-order valence-electron chi connectivity index (χ2n) is 6.20. The van der Waals surface area contributed by atoms with Gasteiger partial charge in [-0.15, -0.1) is 0 Å². The lowest BCUT2D eigenvalue weighted by Gasteiger charge is -2.19. The summed E-state index contributed by atoms with van der Waals surface area (Å²) in [7, 11) is -1.19. The number of carbonyl (C=O) groups is 1. The molecule has 0 bridgehead atoms. The van der Waals surface area contributed by atoms with E-state index in [9.17, 15) is 13.2 Å². The molecule has 0 spiro atoms. The Morgan fingerprint density at radius 3 is 2.15 bits per heavy atom. The molecule has 0 radical (unpaired) electrons. The molecule has 0 aliphatic carbocycles. The normalized spacial score (nSPS) is 11.2. The molecule has 0 atom stereocenters. The fourth-order valence-electron chi connectivity index (χ4n) is 2.51. The number of carbonyl (C=O) groups excluding carboxylic acids is 1. The summed E-state index contributed by atoms with van der Waals surface area (Å²) in [5, 5.41) is 2.79. The number of hydrogen-bond donors (Lipinski definition) is 1. The highest BCUT2D eigenvalue weighted by atomic mass is 32.2. The summed E-state index contributed by atoms with van der Waals surface area (Å²) in [6.07, 6.45) is 2.27. The lowest BCUT2D eigenvalue weighted by atomic mass is 10.1. The van der Waals surface area contributed by atoms with Crippen molar-refractivity contribution in [3.8, 4) is 0 Å². The predicted octanol–water partition coefficient (Wildman–Crippen LogP) is 3.97. The maximum absolute atomic E-state index is 12.4. The van der Waals surface area contributed by atoms with E-state index in [1.165, 1.54) is 12.1 Å². The second-order valence-corrected chi connectivity index (χ2v) is 8.48. The number of rotatable bonds is 8. The summed E-state index contributed by atoms with van der Waals surface area (Å²) in [5.41, 5.74) is 2.20. The molecule has 26 heavy (non-hydrogen) atoms. The Bertz CT molecular complexity index is 828. The Morgan fingerprint density at radius 2 is 1.62 bits per heavy atom. The highest BCUT2D eigenvalue weighted by Crippen LogP contribution is 2.18. The van der Waals surface area contributed by atoms with Crippen molar-refractivity contribution in [2.75, 3.05) is 29.6 Å². The van der Waals surface area contributed by atoms with Crippen LogP contribution >= 0.6 is 0 Å². The Hall–Kier alpha value is -2.34. The Morgan fingerprint density at radius 1 is 1.00 bits per heavy atom. The van der Waals surface area contributed by atoms with Crippen LogP contribution in [-0.2, 0) is 9.84 Å². The molecule has 2 rings (SSSR count). The van der Waals surface area contributed by atoms with Crippen molar-refractivity contribution in [3.05, 3.63) is 54.1 Å². The molecule has 0 saturated heterocycles. The maximum atomic E-state index is 12.4. The van der Waals surface area contributed by atoms with E-state index in [1.54, 1.807) is 31.2 Å². The van der Waals surface area contributed by atoms with Crippen molar-refractivity contribution in [1.82, 2.24) is 0 Å². The van der Waals surface area contributed by atoms with E-state index >= 15 is 0 Å². The molecule has 2 aromatic rings. The van der Waals surface area contributed by atoms with Crippen LogP contribution in [0.3, 0.4) is 0 Å². The van der Waals surface area contributed by atoms with E-state index in [4.69, 9.17) is 0 Å². The fraction of sp³-hybridized carbons (Fsp3) is 0.350. The molecule has 0 aromatic heterocycles. The monoisotopic (exact) mass is 374 g/mol. The molecular formula is C20H26N2O3S. The molecule has 0 unspecified atom stereocenters. The Kier molecular flexibility index (Phi) is 6.80. The summed E-state index contributed by atoms with van der Waals surface area (Å²) in [6, 6.07) is 13.7. The van der Waals surface area contributed by atoms with Crippen molar-refractivity contribution in [2.45, 2.75) is 31.6 Å². The van der Waals surface area contributed by atoms with Crippen molar-refractivity contribution < 1.29 is 13.2 Å². The van der Waals surface area contributed by atoms with Crippen molar-refractivity contribution in [3.63, 3.8) is 0 Å². The van der Waals surface area contributed by atoms with Gasteiger partial charge in [0.1, 0.15) is 0 Å². The van der Waals surface area contributed by atoms with Gasteiger partial charge < -0.3 is 10.2 Å². The fourth-order valence-corrected chi connectivity index (χ4v) is 3.39. The summed E-state index contributed by atoms with van der Waals surface area (Å²) in [5.74, 6) is -0.170. The minimum atomic E-state index is -3.23. The van der Waals surface area contributed by atoms with E-state index in [-0.39, 0.29) is 16.6 Å². The molecule has 6 heteroatoms. The summed E-state index contributed by atoms with van der Waals surface area (Å²) in [4.78, 5) is 14.8. The molecule has 2 aromatic carbocycles. The Balaban J connectivity index is 2.03. The number of anilines is 2. The summed E-state index contributed by atoms with van der Waals surface area (Å²) < 4.78 is 23.6. The predicted molar refractivity (Wildman–Crippen MR) is 107 cm³/mol. The third kappa shape index (κ3) is 5.08. The number of hydrogen-bond acceptors (Lipinski definition) is 4. The average molecular weight is 375 g/mol. The van der Waals surface area contributed by atoms with Gasteiger partial charge >= 0.3 is 0 Å². The van der Waals surface area contributed by atoms with Crippen LogP contribution in [0.4, 0.5) is 11.4 Å². The Labute approximate surface area is 156 Å². The first-order chi connectivity index (χ1) is 12.4. The largest absolute Gasteiger partial charge is 0.375 e. The van der Waals surface area contributed by atoms with Gasteiger partial charge in [-0.1, -0.05) is 20.3 Å². The molecular weight excluding hydrogens is 348 g/mol. The molecule has 0 aliphatic rings. The van der Waals surface area contributed by atoms with Crippen LogP contribution in [0.15, 0.2) is 53.4 Å². The molecule has 0 fully saturated rings. The lowest BCUT2D eigenvalue weighted by Crippen LogP contribution is -2.18. The zero-order chi connectivity index (χ0) is 19.2. The van der Waals surface area contributed by atoms with Gasteiger partial charge in [0.15, 0.2) is 9.84 Å². The maximum Gasteiger partial charge on any atom is 0.255 e. The molecule has 0 heterocycles. The minimum Gasteiger partial charge on any atom is -0.375 e. The second kappa shape index (κ2) is 8.85. The number of nitrogens with one attached hydrogen (secondary N) is 1. The summed E-state index contributed by atoms with van der Waals surface area (Å²) >= 11 is 0.